The largest absolute Gasteiger partial charge is 0.497 e. The molecule has 2 aromatic rings. The second-order valence-electron chi connectivity index (χ2n) is 6.29. The number of barbiturate groups is 1. The van der Waals surface area contributed by atoms with Crippen LogP contribution in [-0.2, 0) is 9.59 Å². The van der Waals surface area contributed by atoms with Crippen LogP contribution in [0.1, 0.15) is 11.1 Å². The van der Waals surface area contributed by atoms with Crippen LogP contribution in [0.2, 0.25) is 0 Å². The van der Waals surface area contributed by atoms with Crippen molar-refractivity contribution in [2.24, 2.45) is 0 Å². The molecule has 1 heterocycles. The fraction of sp³-hybridized carbons (Fsp3) is 0.136. The maximum Gasteiger partial charge on any atom is 0.335 e. The molecular formula is C22H17BrN2O5. The van der Waals surface area contributed by atoms with E-state index in [0.29, 0.717) is 22.7 Å². The van der Waals surface area contributed by atoms with Crippen LogP contribution in [0.25, 0.3) is 6.08 Å². The van der Waals surface area contributed by atoms with Crippen molar-refractivity contribution in [1.29, 1.82) is 0 Å². The van der Waals surface area contributed by atoms with Gasteiger partial charge in [0.05, 0.1) is 12.8 Å². The number of aryl methyl sites for hydroxylation is 1. The van der Waals surface area contributed by atoms with E-state index >= 15 is 0 Å². The summed E-state index contributed by atoms with van der Waals surface area (Å²) in [5.74, 6) is 1.67. The topological polar surface area (TPSA) is 84.9 Å². The van der Waals surface area contributed by atoms with Gasteiger partial charge in [-0.15, -0.1) is 6.42 Å². The van der Waals surface area contributed by atoms with Crippen molar-refractivity contribution in [1.82, 2.24) is 5.32 Å². The minimum atomic E-state index is -0.817. The normalized spacial score (nSPS) is 15.1. The third-order valence-electron chi connectivity index (χ3n) is 4.33. The molecule has 1 aliphatic heterocycles. The van der Waals surface area contributed by atoms with Gasteiger partial charge < -0.3 is 9.47 Å². The van der Waals surface area contributed by atoms with Gasteiger partial charge >= 0.3 is 6.03 Å². The predicted octanol–water partition coefficient (Wildman–Crippen LogP) is 3.44. The minimum Gasteiger partial charge on any atom is -0.497 e. The van der Waals surface area contributed by atoms with Gasteiger partial charge in [0.2, 0.25) is 0 Å². The number of carbonyl (C=O) groups is 3. The molecule has 0 aromatic heterocycles. The van der Waals surface area contributed by atoms with Crippen molar-refractivity contribution in [2.75, 3.05) is 18.6 Å². The third-order valence-corrected chi connectivity index (χ3v) is 5.22. The number of nitrogens with one attached hydrogen (secondary N) is 1. The molecule has 1 aliphatic rings. The first-order valence-electron chi connectivity index (χ1n) is 8.77. The van der Waals surface area contributed by atoms with E-state index in [1.807, 2.05) is 6.92 Å². The fourth-order valence-corrected chi connectivity index (χ4v) is 3.07. The molecule has 8 heteroatoms. The van der Waals surface area contributed by atoms with E-state index < -0.39 is 17.8 Å². The van der Waals surface area contributed by atoms with Gasteiger partial charge in [-0.1, -0.05) is 21.9 Å². The number of hydrogen-bond acceptors (Lipinski definition) is 5. The van der Waals surface area contributed by atoms with Crippen LogP contribution in [0.3, 0.4) is 0 Å². The molecule has 0 spiro atoms. The number of amides is 4. The Bertz CT molecular complexity index is 1120. The number of nitrogens with zero attached hydrogens (tertiary/aromatic N) is 1. The van der Waals surface area contributed by atoms with Crippen LogP contribution in [0.15, 0.2) is 46.4 Å². The Balaban J connectivity index is 2.04. The summed E-state index contributed by atoms with van der Waals surface area (Å²) in [5.41, 5.74) is 1.39. The third kappa shape index (κ3) is 4.21. The van der Waals surface area contributed by atoms with Crippen LogP contribution in [0.4, 0.5) is 10.5 Å². The van der Waals surface area contributed by atoms with Crippen LogP contribution >= 0.6 is 15.9 Å². The lowest BCUT2D eigenvalue weighted by Crippen LogP contribution is -2.54. The van der Waals surface area contributed by atoms with Crippen molar-refractivity contribution in [2.45, 2.75) is 6.92 Å². The number of terminal acetylenes is 1. The molecule has 0 bridgehead atoms. The Hall–Kier alpha value is -3.57. The molecule has 0 aliphatic carbocycles. The van der Waals surface area contributed by atoms with Gasteiger partial charge in [-0.05, 0) is 48.9 Å². The molecule has 3 rings (SSSR count). The predicted molar refractivity (Wildman–Crippen MR) is 115 cm³/mol. The summed E-state index contributed by atoms with van der Waals surface area (Å²) in [6, 6.07) is 9.06. The molecule has 7 nitrogen and oxygen atoms in total. The second kappa shape index (κ2) is 8.84. The molecule has 1 saturated heterocycles. The molecule has 152 valence electrons. The molecule has 2 aromatic carbocycles. The van der Waals surface area contributed by atoms with E-state index in [-0.39, 0.29) is 12.2 Å². The van der Waals surface area contributed by atoms with E-state index in [4.69, 9.17) is 15.9 Å². The van der Waals surface area contributed by atoms with Gasteiger partial charge in [-0.2, -0.15) is 0 Å². The SMILES string of the molecule is C#CCOc1cc(OC)ccc1/C=C1/C(=O)NC(=O)N(c2ccc(Br)c(C)c2)C1=O. The fourth-order valence-electron chi connectivity index (χ4n) is 2.82. The van der Waals surface area contributed by atoms with Gasteiger partial charge in [0.25, 0.3) is 11.8 Å². The Labute approximate surface area is 181 Å². The highest BCUT2D eigenvalue weighted by atomic mass is 79.9. The van der Waals surface area contributed by atoms with Crippen LogP contribution < -0.4 is 19.7 Å². The van der Waals surface area contributed by atoms with Crippen molar-refractivity contribution in [3.05, 3.63) is 57.6 Å². The Kier molecular flexibility index (Phi) is 6.23. The van der Waals surface area contributed by atoms with Crippen molar-refractivity contribution < 1.29 is 23.9 Å². The monoisotopic (exact) mass is 468 g/mol. The minimum absolute atomic E-state index is 0.00767. The molecule has 0 atom stereocenters. The number of ether oxygens (including phenoxy) is 2. The average molecular weight is 469 g/mol. The highest BCUT2D eigenvalue weighted by molar-refractivity contribution is 9.10. The molecule has 30 heavy (non-hydrogen) atoms. The number of imide groups is 2. The summed E-state index contributed by atoms with van der Waals surface area (Å²) < 4.78 is 11.5. The van der Waals surface area contributed by atoms with Crippen molar-refractivity contribution in [3.63, 3.8) is 0 Å². The molecule has 1 N–H and O–H groups in total. The summed E-state index contributed by atoms with van der Waals surface area (Å²) in [6.07, 6.45) is 6.61. The molecule has 4 amide bonds. The smallest absolute Gasteiger partial charge is 0.335 e. The van der Waals surface area contributed by atoms with Crippen LogP contribution in [0.5, 0.6) is 11.5 Å². The average Bonchev–Trinajstić information content (AvgIpc) is 2.72. The highest BCUT2D eigenvalue weighted by Crippen LogP contribution is 2.30. The van der Waals surface area contributed by atoms with Gasteiger partial charge in [0.1, 0.15) is 23.7 Å². The number of anilines is 1. The summed E-state index contributed by atoms with van der Waals surface area (Å²) in [4.78, 5) is 38.8. The van der Waals surface area contributed by atoms with Gasteiger partial charge in [0, 0.05) is 16.1 Å². The quantitative estimate of drug-likeness (QED) is 0.412. The zero-order valence-electron chi connectivity index (χ0n) is 16.2. The van der Waals surface area contributed by atoms with E-state index in [1.165, 1.54) is 13.2 Å². The first-order chi connectivity index (χ1) is 14.3. The number of carbonyl (C=O) groups excluding carboxylic acids is 3. The summed E-state index contributed by atoms with van der Waals surface area (Å²) >= 11 is 3.38. The lowest BCUT2D eigenvalue weighted by Gasteiger charge is -2.26. The molecule has 0 saturated carbocycles. The maximum atomic E-state index is 13.1. The lowest BCUT2D eigenvalue weighted by molar-refractivity contribution is -0.122. The Morgan fingerprint density at radius 3 is 2.63 bits per heavy atom. The second-order valence-corrected chi connectivity index (χ2v) is 7.14. The maximum absolute atomic E-state index is 13.1. The van der Waals surface area contributed by atoms with E-state index in [2.05, 4.69) is 27.2 Å². The first-order valence-corrected chi connectivity index (χ1v) is 9.57. The van der Waals surface area contributed by atoms with E-state index in [0.717, 1.165) is 14.9 Å². The molecule has 0 radical (unpaired) electrons. The lowest BCUT2D eigenvalue weighted by atomic mass is 10.1. The van der Waals surface area contributed by atoms with Gasteiger partial charge in [-0.25, -0.2) is 9.69 Å². The summed E-state index contributed by atoms with van der Waals surface area (Å²) in [7, 11) is 1.50. The van der Waals surface area contributed by atoms with E-state index in [1.54, 1.807) is 36.4 Å². The zero-order chi connectivity index (χ0) is 21.8. The zero-order valence-corrected chi connectivity index (χ0v) is 17.8. The van der Waals surface area contributed by atoms with Crippen LogP contribution in [-0.4, -0.2) is 31.6 Å². The van der Waals surface area contributed by atoms with Crippen LogP contribution in [0, 0.1) is 19.3 Å². The highest BCUT2D eigenvalue weighted by Gasteiger charge is 2.37. The number of halogens is 1. The Morgan fingerprint density at radius 1 is 1.20 bits per heavy atom. The van der Waals surface area contributed by atoms with Gasteiger partial charge in [-0.3, -0.25) is 14.9 Å². The number of rotatable bonds is 5. The number of hydrogen-bond donors (Lipinski definition) is 1. The number of urea groups is 1. The summed E-state index contributed by atoms with van der Waals surface area (Å²) in [6.45, 7) is 1.82. The van der Waals surface area contributed by atoms with Gasteiger partial charge in [0.15, 0.2) is 0 Å². The Morgan fingerprint density at radius 2 is 1.97 bits per heavy atom. The molecule has 1 fully saturated rings. The first kappa shape index (κ1) is 21.1. The number of methoxy groups -OCH3 is 1. The molecule has 0 unspecified atom stereocenters. The summed E-state index contributed by atoms with van der Waals surface area (Å²) in [5, 5.41) is 2.20. The molecular weight excluding hydrogens is 452 g/mol. The van der Waals surface area contributed by atoms with Crippen molar-refractivity contribution >= 4 is 45.5 Å². The van der Waals surface area contributed by atoms with Crippen molar-refractivity contribution in [3.8, 4) is 23.8 Å². The van der Waals surface area contributed by atoms with E-state index in [9.17, 15) is 14.4 Å². The number of benzene rings is 2. The standard InChI is InChI=1S/C22H17BrN2O5/c1-4-9-30-19-12-16(29-3)7-5-14(19)11-17-20(26)24-22(28)25(21(17)27)15-6-8-18(23)13(2)10-15/h1,5-8,10-12H,9H2,2-3H3,(H,24,26,28)/b17-11-.